The molecule has 0 aliphatic rings. The first-order valence-corrected chi connectivity index (χ1v) is 6.87. The van der Waals surface area contributed by atoms with E-state index in [9.17, 15) is 4.79 Å². The van der Waals surface area contributed by atoms with Gasteiger partial charge in [-0.3, -0.25) is 9.20 Å². The number of nitrogens with zero attached hydrogens (tertiary/aromatic N) is 2. The van der Waals surface area contributed by atoms with Gasteiger partial charge in [-0.2, -0.15) is 4.98 Å². The molecule has 0 spiro atoms. The third-order valence-corrected chi connectivity index (χ3v) is 3.65. The molecule has 0 saturated carbocycles. The second-order valence-corrected chi connectivity index (χ2v) is 4.95. The van der Waals surface area contributed by atoms with Crippen LogP contribution in [0, 0.1) is 0 Å². The van der Waals surface area contributed by atoms with Gasteiger partial charge in [-0.1, -0.05) is 19.1 Å². The third kappa shape index (κ3) is 2.13. The van der Waals surface area contributed by atoms with Crippen molar-refractivity contribution >= 4 is 22.6 Å². The molecule has 19 heavy (non-hydrogen) atoms. The van der Waals surface area contributed by atoms with Crippen LogP contribution in [0.25, 0.3) is 4.96 Å². The molecule has 3 rings (SSSR count). The zero-order valence-electron chi connectivity index (χ0n) is 10.4. The fraction of sp³-hybridized carbons (Fsp3) is 0.143. The average molecular weight is 272 g/mol. The van der Waals surface area contributed by atoms with Crippen LogP contribution in [-0.4, -0.2) is 15.7 Å². The van der Waals surface area contributed by atoms with E-state index in [1.165, 1.54) is 16.9 Å². The maximum absolute atomic E-state index is 11.2. The Morgan fingerprint density at radius 1 is 1.47 bits per heavy atom. The lowest BCUT2D eigenvalue weighted by molar-refractivity contribution is 0.111. The molecule has 0 fully saturated rings. The van der Waals surface area contributed by atoms with Crippen molar-refractivity contribution in [1.82, 2.24) is 9.38 Å². The van der Waals surface area contributed by atoms with E-state index in [2.05, 4.69) is 11.9 Å². The Kier molecular flexibility index (Phi) is 3.05. The number of ether oxygens (including phenoxy) is 1. The number of carbonyl (C=O) groups is 1. The highest BCUT2D eigenvalue weighted by atomic mass is 32.1. The van der Waals surface area contributed by atoms with Gasteiger partial charge in [-0.25, -0.2) is 0 Å². The number of benzene rings is 1. The molecule has 0 saturated heterocycles. The van der Waals surface area contributed by atoms with E-state index in [0.29, 0.717) is 17.3 Å². The fourth-order valence-corrected chi connectivity index (χ4v) is 2.62. The van der Waals surface area contributed by atoms with E-state index < -0.39 is 0 Å². The molecule has 0 bridgehead atoms. The molecular formula is C14H12N2O2S. The number of thiazole rings is 1. The Bertz CT molecular complexity index is 730. The van der Waals surface area contributed by atoms with Gasteiger partial charge in [-0.15, -0.1) is 11.3 Å². The number of carbonyl (C=O) groups excluding carboxylic acids is 1. The Morgan fingerprint density at radius 2 is 2.37 bits per heavy atom. The number of hydrogen-bond acceptors (Lipinski definition) is 4. The van der Waals surface area contributed by atoms with Crippen LogP contribution < -0.4 is 4.74 Å². The summed E-state index contributed by atoms with van der Waals surface area (Å²) in [5.74, 6) is 1.06. The van der Waals surface area contributed by atoms with Crippen LogP contribution in [0.3, 0.4) is 0 Å². The van der Waals surface area contributed by atoms with Crippen molar-refractivity contribution in [3.63, 3.8) is 0 Å². The Balaban J connectivity index is 2.00. The van der Waals surface area contributed by atoms with Crippen molar-refractivity contribution in [1.29, 1.82) is 0 Å². The van der Waals surface area contributed by atoms with Gasteiger partial charge < -0.3 is 4.74 Å². The topological polar surface area (TPSA) is 43.6 Å². The monoisotopic (exact) mass is 272 g/mol. The molecule has 4 nitrogen and oxygen atoms in total. The number of aryl methyl sites for hydroxylation is 1. The molecule has 96 valence electrons. The first-order chi connectivity index (χ1) is 9.31. The molecule has 5 heteroatoms. The van der Waals surface area contributed by atoms with Gasteiger partial charge in [-0.05, 0) is 24.1 Å². The van der Waals surface area contributed by atoms with Crippen molar-refractivity contribution in [2.45, 2.75) is 13.3 Å². The summed E-state index contributed by atoms with van der Waals surface area (Å²) in [4.78, 5) is 16.3. The molecule has 2 heterocycles. The van der Waals surface area contributed by atoms with Crippen LogP contribution in [0.5, 0.6) is 11.6 Å². The number of aromatic nitrogens is 2. The second-order valence-electron chi connectivity index (χ2n) is 4.08. The quantitative estimate of drug-likeness (QED) is 0.682. The van der Waals surface area contributed by atoms with E-state index >= 15 is 0 Å². The zero-order valence-corrected chi connectivity index (χ0v) is 11.2. The molecule has 0 atom stereocenters. The smallest absolute Gasteiger partial charge is 0.250 e. The van der Waals surface area contributed by atoms with Gasteiger partial charge in [0.2, 0.25) is 5.88 Å². The molecular weight excluding hydrogens is 260 g/mol. The van der Waals surface area contributed by atoms with Crippen molar-refractivity contribution in [2.75, 3.05) is 0 Å². The minimum absolute atomic E-state index is 0.357. The lowest BCUT2D eigenvalue weighted by atomic mass is 10.2. The molecule has 0 radical (unpaired) electrons. The Labute approximate surface area is 114 Å². The molecule has 0 unspecified atom stereocenters. The van der Waals surface area contributed by atoms with E-state index in [1.807, 2.05) is 35.8 Å². The van der Waals surface area contributed by atoms with Crippen molar-refractivity contribution in [2.24, 2.45) is 0 Å². The molecule has 2 aromatic heterocycles. The highest BCUT2D eigenvalue weighted by molar-refractivity contribution is 7.15. The summed E-state index contributed by atoms with van der Waals surface area (Å²) in [7, 11) is 0. The standard InChI is InChI=1S/C14H12N2O2S/c1-2-10-4-3-5-11(8-10)18-13-12(9-17)16-6-7-19-14(16)15-13/h3-9H,2H2,1H3. The molecule has 0 aliphatic heterocycles. The normalized spacial score (nSPS) is 10.8. The van der Waals surface area contributed by atoms with E-state index in [1.54, 1.807) is 4.40 Å². The predicted octanol–water partition coefficient (Wildman–Crippen LogP) is 3.56. The van der Waals surface area contributed by atoms with Crippen LogP contribution in [0.2, 0.25) is 0 Å². The van der Waals surface area contributed by atoms with Gasteiger partial charge in [0.1, 0.15) is 5.75 Å². The second kappa shape index (κ2) is 4.85. The van der Waals surface area contributed by atoms with Crippen LogP contribution in [0.1, 0.15) is 23.0 Å². The fourth-order valence-electron chi connectivity index (χ4n) is 1.91. The number of fused-ring (bicyclic) bond motifs is 1. The lowest BCUT2D eigenvalue weighted by Crippen LogP contribution is -1.92. The number of imidazole rings is 1. The average Bonchev–Trinajstić information content (AvgIpc) is 2.99. The summed E-state index contributed by atoms with van der Waals surface area (Å²) in [6, 6.07) is 7.80. The summed E-state index contributed by atoms with van der Waals surface area (Å²) in [6.45, 7) is 2.09. The first kappa shape index (κ1) is 11.9. The summed E-state index contributed by atoms with van der Waals surface area (Å²) >= 11 is 1.47. The number of rotatable bonds is 4. The van der Waals surface area contributed by atoms with E-state index in [-0.39, 0.29) is 0 Å². The zero-order chi connectivity index (χ0) is 13.2. The van der Waals surface area contributed by atoms with Crippen molar-refractivity contribution < 1.29 is 9.53 Å². The summed E-state index contributed by atoms with van der Waals surface area (Å²) < 4.78 is 7.46. The van der Waals surface area contributed by atoms with Crippen LogP contribution in [0.4, 0.5) is 0 Å². The van der Waals surface area contributed by atoms with Crippen molar-refractivity contribution in [3.05, 3.63) is 47.1 Å². The maximum atomic E-state index is 11.2. The van der Waals surface area contributed by atoms with Crippen LogP contribution in [-0.2, 0) is 6.42 Å². The first-order valence-electron chi connectivity index (χ1n) is 5.99. The van der Waals surface area contributed by atoms with Gasteiger partial charge in [0.25, 0.3) is 0 Å². The van der Waals surface area contributed by atoms with Gasteiger partial charge in [0, 0.05) is 11.6 Å². The van der Waals surface area contributed by atoms with Gasteiger partial charge >= 0.3 is 0 Å². The SMILES string of the molecule is CCc1cccc(Oc2nc3sccn3c2C=O)c1. The Morgan fingerprint density at radius 3 is 3.16 bits per heavy atom. The summed E-state index contributed by atoms with van der Waals surface area (Å²) in [5, 5.41) is 1.89. The number of aldehydes is 1. The maximum Gasteiger partial charge on any atom is 0.250 e. The van der Waals surface area contributed by atoms with Gasteiger partial charge in [0.05, 0.1) is 0 Å². The number of hydrogen-bond donors (Lipinski definition) is 0. The molecule has 0 amide bonds. The lowest BCUT2D eigenvalue weighted by Gasteiger charge is -2.04. The highest BCUT2D eigenvalue weighted by Gasteiger charge is 2.14. The summed E-state index contributed by atoms with van der Waals surface area (Å²) in [5.41, 5.74) is 1.63. The minimum atomic E-state index is 0.357. The summed E-state index contributed by atoms with van der Waals surface area (Å²) in [6.07, 6.45) is 3.52. The molecule has 0 aliphatic carbocycles. The highest BCUT2D eigenvalue weighted by Crippen LogP contribution is 2.27. The largest absolute Gasteiger partial charge is 0.437 e. The molecule has 1 aromatic carbocycles. The third-order valence-electron chi connectivity index (χ3n) is 2.90. The predicted molar refractivity (Wildman–Crippen MR) is 74.4 cm³/mol. The van der Waals surface area contributed by atoms with E-state index in [0.717, 1.165) is 17.7 Å². The van der Waals surface area contributed by atoms with Gasteiger partial charge in [0.15, 0.2) is 16.9 Å². The molecule has 0 N–H and O–H groups in total. The van der Waals surface area contributed by atoms with Crippen molar-refractivity contribution in [3.8, 4) is 11.6 Å². The minimum Gasteiger partial charge on any atom is -0.437 e. The Hall–Kier alpha value is -2.14. The molecule has 3 aromatic rings. The van der Waals surface area contributed by atoms with Crippen LogP contribution >= 0.6 is 11.3 Å². The van der Waals surface area contributed by atoms with E-state index in [4.69, 9.17) is 4.74 Å². The van der Waals surface area contributed by atoms with Crippen LogP contribution in [0.15, 0.2) is 35.8 Å².